The van der Waals surface area contributed by atoms with Crippen molar-refractivity contribution in [1.82, 2.24) is 4.98 Å². The van der Waals surface area contributed by atoms with E-state index >= 15 is 0 Å². The highest BCUT2D eigenvalue weighted by molar-refractivity contribution is 5.99. The summed E-state index contributed by atoms with van der Waals surface area (Å²) in [6, 6.07) is 10.8. The number of rotatable bonds is 7. The molecule has 1 aliphatic carbocycles. The van der Waals surface area contributed by atoms with E-state index in [1.54, 1.807) is 6.21 Å². The van der Waals surface area contributed by atoms with Gasteiger partial charge in [0.1, 0.15) is 24.8 Å². The van der Waals surface area contributed by atoms with Crippen LogP contribution in [-0.2, 0) is 4.84 Å². The summed E-state index contributed by atoms with van der Waals surface area (Å²) in [6.07, 6.45) is 5.53. The Bertz CT molecular complexity index is 984. The Hall–Kier alpha value is -3.64. The number of nitrogens with zero attached hydrogens (tertiary/aromatic N) is 3. The van der Waals surface area contributed by atoms with Crippen LogP contribution in [0.5, 0.6) is 0 Å². The molecule has 9 nitrogen and oxygen atoms in total. The molecule has 1 heterocycles. The molecule has 30 heavy (non-hydrogen) atoms. The van der Waals surface area contributed by atoms with E-state index in [0.717, 1.165) is 31.2 Å². The summed E-state index contributed by atoms with van der Waals surface area (Å²) in [7, 11) is 1.46. The van der Waals surface area contributed by atoms with Crippen molar-refractivity contribution in [2.45, 2.75) is 37.8 Å². The van der Waals surface area contributed by atoms with E-state index in [4.69, 9.17) is 16.3 Å². The molecular formula is C21H25N7O2. The molecule has 156 valence electrons. The van der Waals surface area contributed by atoms with Gasteiger partial charge in [-0.05, 0) is 36.6 Å². The van der Waals surface area contributed by atoms with Crippen molar-refractivity contribution in [1.29, 1.82) is 5.26 Å². The molecule has 0 aliphatic heterocycles. The second kappa shape index (κ2) is 9.71. The van der Waals surface area contributed by atoms with E-state index in [9.17, 15) is 10.1 Å². The average molecular weight is 407 g/mol. The minimum Gasteiger partial charge on any atom is -0.399 e. The van der Waals surface area contributed by atoms with Crippen LogP contribution in [0.15, 0.2) is 35.5 Å². The van der Waals surface area contributed by atoms with Gasteiger partial charge >= 0.3 is 0 Å². The maximum absolute atomic E-state index is 12.0. The minimum absolute atomic E-state index is 0.0132. The normalized spacial score (nSPS) is 18.6. The first-order chi connectivity index (χ1) is 14.5. The van der Waals surface area contributed by atoms with E-state index in [-0.39, 0.29) is 29.0 Å². The quantitative estimate of drug-likeness (QED) is 0.406. The van der Waals surface area contributed by atoms with Gasteiger partial charge in [0.25, 0.3) is 5.91 Å². The Morgan fingerprint density at radius 3 is 2.83 bits per heavy atom. The van der Waals surface area contributed by atoms with Crippen molar-refractivity contribution in [3.8, 4) is 6.07 Å². The number of hydrogen-bond donors (Lipinski definition) is 4. The maximum atomic E-state index is 12.0. The van der Waals surface area contributed by atoms with E-state index in [1.165, 1.54) is 13.2 Å². The smallest absolute Gasteiger partial charge is 0.252 e. The summed E-state index contributed by atoms with van der Waals surface area (Å²) < 4.78 is 0. The van der Waals surface area contributed by atoms with Crippen LogP contribution in [0.25, 0.3) is 0 Å². The van der Waals surface area contributed by atoms with Gasteiger partial charge in [0.15, 0.2) is 0 Å². The SMILES string of the molecule is CON=Cc1cccc(Nc2nc(N[C@@H]3CCCC[C@@H]3N)c(C#N)cc2C(N)=O)c1. The van der Waals surface area contributed by atoms with E-state index in [1.807, 2.05) is 24.3 Å². The van der Waals surface area contributed by atoms with E-state index < -0.39 is 5.91 Å². The average Bonchev–Trinajstić information content (AvgIpc) is 2.74. The molecule has 1 fully saturated rings. The molecule has 0 radical (unpaired) electrons. The minimum atomic E-state index is -0.681. The van der Waals surface area contributed by atoms with Crippen molar-refractivity contribution >= 4 is 29.4 Å². The molecule has 1 aromatic carbocycles. The number of oxime groups is 1. The van der Waals surface area contributed by atoms with Crippen LogP contribution in [0.3, 0.4) is 0 Å². The lowest BCUT2D eigenvalue weighted by atomic mass is 9.91. The summed E-state index contributed by atoms with van der Waals surface area (Å²) >= 11 is 0. The molecule has 0 saturated heterocycles. The van der Waals surface area contributed by atoms with Gasteiger partial charge < -0.3 is 26.9 Å². The van der Waals surface area contributed by atoms with Gasteiger partial charge in [0.2, 0.25) is 0 Å². The molecule has 1 aliphatic rings. The molecule has 6 N–H and O–H groups in total. The number of aromatic nitrogens is 1. The van der Waals surface area contributed by atoms with E-state index in [2.05, 4.69) is 26.8 Å². The third-order valence-corrected chi connectivity index (χ3v) is 5.01. The van der Waals surface area contributed by atoms with Crippen molar-refractivity contribution in [2.75, 3.05) is 17.7 Å². The van der Waals surface area contributed by atoms with Crippen molar-refractivity contribution in [3.63, 3.8) is 0 Å². The summed E-state index contributed by atoms with van der Waals surface area (Å²) in [5.41, 5.74) is 13.6. The maximum Gasteiger partial charge on any atom is 0.252 e. The molecular weight excluding hydrogens is 382 g/mol. The summed E-state index contributed by atoms with van der Waals surface area (Å²) in [5.74, 6) is -0.0434. The number of nitrogens with one attached hydrogen (secondary N) is 2. The lowest BCUT2D eigenvalue weighted by molar-refractivity contribution is 0.100. The number of anilines is 3. The first kappa shape index (κ1) is 21.1. The molecule has 0 spiro atoms. The zero-order chi connectivity index (χ0) is 21.5. The lowest BCUT2D eigenvalue weighted by Crippen LogP contribution is -2.43. The highest BCUT2D eigenvalue weighted by Gasteiger charge is 2.24. The Morgan fingerprint density at radius 1 is 1.33 bits per heavy atom. The fourth-order valence-corrected chi connectivity index (χ4v) is 3.45. The number of carbonyl (C=O) groups excluding carboxylic acids is 1. The molecule has 0 bridgehead atoms. The van der Waals surface area contributed by atoms with Crippen LogP contribution in [-0.4, -0.2) is 36.3 Å². The Kier molecular flexibility index (Phi) is 6.83. The fourth-order valence-electron chi connectivity index (χ4n) is 3.45. The third kappa shape index (κ3) is 5.04. The Labute approximate surface area is 175 Å². The summed E-state index contributed by atoms with van der Waals surface area (Å²) in [6.45, 7) is 0. The molecule has 2 atom stereocenters. The van der Waals surface area contributed by atoms with Crippen molar-refractivity contribution in [3.05, 3.63) is 47.0 Å². The van der Waals surface area contributed by atoms with Gasteiger partial charge in [0.05, 0.1) is 17.3 Å². The molecule has 1 aromatic heterocycles. The van der Waals surface area contributed by atoms with Crippen molar-refractivity contribution in [2.24, 2.45) is 16.6 Å². The number of benzene rings is 1. The predicted molar refractivity (Wildman–Crippen MR) is 116 cm³/mol. The van der Waals surface area contributed by atoms with E-state index in [0.29, 0.717) is 11.5 Å². The largest absolute Gasteiger partial charge is 0.399 e. The van der Waals surface area contributed by atoms with Gasteiger partial charge in [-0.15, -0.1) is 0 Å². The Balaban J connectivity index is 1.95. The molecule has 9 heteroatoms. The van der Waals surface area contributed by atoms with Gasteiger partial charge in [0, 0.05) is 17.8 Å². The zero-order valence-electron chi connectivity index (χ0n) is 16.8. The van der Waals surface area contributed by atoms with Crippen LogP contribution >= 0.6 is 0 Å². The zero-order valence-corrected chi connectivity index (χ0v) is 16.8. The van der Waals surface area contributed by atoms with Crippen LogP contribution < -0.4 is 22.1 Å². The Morgan fingerprint density at radius 2 is 2.13 bits per heavy atom. The molecule has 1 amide bonds. The van der Waals surface area contributed by atoms with Crippen LogP contribution in [0.1, 0.15) is 47.2 Å². The predicted octanol–water partition coefficient (Wildman–Crippen LogP) is 2.46. The number of amides is 1. The van der Waals surface area contributed by atoms with Crippen LogP contribution in [0.4, 0.5) is 17.3 Å². The monoisotopic (exact) mass is 407 g/mol. The standard InChI is InChI=1S/C21H25N7O2/c1-30-25-12-13-5-4-6-15(9-13)26-21-16(19(24)29)10-14(11-22)20(28-21)27-18-8-3-2-7-17(18)23/h4-6,9-10,12,17-18H,2-3,7-8,23H2,1H3,(H2,24,29)(H2,26,27,28)/t17-,18+/m0/s1. The molecule has 2 aromatic rings. The third-order valence-electron chi connectivity index (χ3n) is 5.01. The number of carbonyl (C=O) groups is 1. The lowest BCUT2D eigenvalue weighted by Gasteiger charge is -2.30. The molecule has 0 unspecified atom stereocenters. The number of hydrogen-bond acceptors (Lipinski definition) is 8. The first-order valence-corrected chi connectivity index (χ1v) is 9.72. The summed E-state index contributed by atoms with van der Waals surface area (Å²) in [4.78, 5) is 21.2. The summed E-state index contributed by atoms with van der Waals surface area (Å²) in [5, 5.41) is 19.7. The van der Waals surface area contributed by atoms with Crippen LogP contribution in [0, 0.1) is 11.3 Å². The van der Waals surface area contributed by atoms with Gasteiger partial charge in [-0.25, -0.2) is 4.98 Å². The fraction of sp³-hybridized carbons (Fsp3) is 0.333. The van der Waals surface area contributed by atoms with Crippen LogP contribution in [0.2, 0.25) is 0 Å². The van der Waals surface area contributed by atoms with Gasteiger partial charge in [-0.3, -0.25) is 4.79 Å². The van der Waals surface area contributed by atoms with Gasteiger partial charge in [-0.1, -0.05) is 30.1 Å². The first-order valence-electron chi connectivity index (χ1n) is 9.72. The van der Waals surface area contributed by atoms with Gasteiger partial charge in [-0.2, -0.15) is 5.26 Å². The number of pyridine rings is 1. The highest BCUT2D eigenvalue weighted by atomic mass is 16.6. The molecule has 1 saturated carbocycles. The van der Waals surface area contributed by atoms with Crippen molar-refractivity contribution < 1.29 is 9.63 Å². The second-order valence-electron chi connectivity index (χ2n) is 7.12. The molecule has 3 rings (SSSR count). The number of nitrogens with two attached hydrogens (primary N) is 2. The number of primary amides is 1. The topological polar surface area (TPSA) is 151 Å². The second-order valence-corrected chi connectivity index (χ2v) is 7.12. The number of nitriles is 1. The highest BCUT2D eigenvalue weighted by Crippen LogP contribution is 2.27.